The van der Waals surface area contributed by atoms with Crippen LogP contribution >= 0.6 is 0 Å². The highest BCUT2D eigenvalue weighted by Crippen LogP contribution is 2.24. The van der Waals surface area contributed by atoms with Crippen molar-refractivity contribution < 1.29 is 0 Å². The Balaban J connectivity index is 1.89. The van der Waals surface area contributed by atoms with Gasteiger partial charge in [-0.1, -0.05) is 20.8 Å². The van der Waals surface area contributed by atoms with Gasteiger partial charge in [0.05, 0.1) is 5.69 Å². The first-order valence-electron chi connectivity index (χ1n) is 7.60. The minimum Gasteiger partial charge on any atom is -0.385 e. The molecule has 0 aliphatic carbocycles. The minimum atomic E-state index is 0.801. The molecule has 1 aromatic rings. The average Bonchev–Trinajstić information content (AvgIpc) is 2.85. The molecule has 1 unspecified atom stereocenters. The predicted molar refractivity (Wildman–Crippen MR) is 81.2 cm³/mol. The van der Waals surface area contributed by atoms with E-state index < -0.39 is 0 Å². The Hall–Kier alpha value is -1.09. The van der Waals surface area contributed by atoms with E-state index in [1.165, 1.54) is 30.9 Å². The van der Waals surface area contributed by atoms with Crippen molar-refractivity contribution in [1.82, 2.24) is 9.88 Å². The van der Waals surface area contributed by atoms with Gasteiger partial charge in [0.25, 0.3) is 0 Å². The van der Waals surface area contributed by atoms with Crippen LogP contribution in [0, 0.1) is 11.8 Å². The van der Waals surface area contributed by atoms with Gasteiger partial charge in [-0.3, -0.25) is 9.88 Å². The van der Waals surface area contributed by atoms with Gasteiger partial charge in [0, 0.05) is 31.5 Å². The minimum absolute atomic E-state index is 0.801. The van der Waals surface area contributed by atoms with Crippen LogP contribution in [0.3, 0.4) is 0 Å². The van der Waals surface area contributed by atoms with Crippen LogP contribution in [0.1, 0.15) is 39.3 Å². The highest BCUT2D eigenvalue weighted by atomic mass is 15.2. The molecule has 2 heterocycles. The number of hydrogen-bond acceptors (Lipinski definition) is 3. The standard InChI is InChI=1S/C16H27N3/c1-4-7-17-15-5-8-18-16(10-15)12-19-9-6-14(11-19)13(2)3/h5,8,10,13-14H,4,6-7,9,11-12H2,1-3H3,(H,17,18). The lowest BCUT2D eigenvalue weighted by Crippen LogP contribution is -2.22. The van der Waals surface area contributed by atoms with E-state index in [0.29, 0.717) is 0 Å². The summed E-state index contributed by atoms with van der Waals surface area (Å²) in [5, 5.41) is 3.43. The Morgan fingerprint density at radius 3 is 3.00 bits per heavy atom. The van der Waals surface area contributed by atoms with Crippen molar-refractivity contribution in [2.45, 2.75) is 40.2 Å². The Morgan fingerprint density at radius 2 is 2.32 bits per heavy atom. The summed E-state index contributed by atoms with van der Waals surface area (Å²) in [7, 11) is 0. The maximum absolute atomic E-state index is 4.50. The Labute approximate surface area is 117 Å². The number of hydrogen-bond donors (Lipinski definition) is 1. The summed E-state index contributed by atoms with van der Waals surface area (Å²) in [6, 6.07) is 4.25. The lowest BCUT2D eigenvalue weighted by molar-refractivity contribution is 0.294. The van der Waals surface area contributed by atoms with Crippen LogP contribution in [-0.4, -0.2) is 29.5 Å². The number of rotatable bonds is 6. The van der Waals surface area contributed by atoms with Gasteiger partial charge in [-0.15, -0.1) is 0 Å². The summed E-state index contributed by atoms with van der Waals surface area (Å²) in [6.45, 7) is 11.3. The second kappa shape index (κ2) is 6.90. The van der Waals surface area contributed by atoms with E-state index >= 15 is 0 Å². The molecule has 1 aliphatic heterocycles. The molecular formula is C16H27N3. The van der Waals surface area contributed by atoms with Crippen molar-refractivity contribution in [2.24, 2.45) is 11.8 Å². The Morgan fingerprint density at radius 1 is 1.47 bits per heavy atom. The van der Waals surface area contributed by atoms with Crippen LogP contribution in [-0.2, 0) is 6.54 Å². The fourth-order valence-corrected chi connectivity index (χ4v) is 2.72. The molecule has 1 fully saturated rings. The first kappa shape index (κ1) is 14.3. The molecule has 2 rings (SSSR count). The van der Waals surface area contributed by atoms with E-state index in [1.54, 1.807) is 0 Å². The second-order valence-electron chi connectivity index (χ2n) is 5.99. The largest absolute Gasteiger partial charge is 0.385 e. The Kier molecular flexibility index (Phi) is 5.20. The monoisotopic (exact) mass is 261 g/mol. The first-order chi connectivity index (χ1) is 9.19. The molecule has 0 amide bonds. The van der Waals surface area contributed by atoms with Crippen molar-refractivity contribution in [2.75, 3.05) is 25.0 Å². The van der Waals surface area contributed by atoms with Crippen LogP contribution in [0.4, 0.5) is 5.69 Å². The number of anilines is 1. The molecule has 1 atom stereocenters. The topological polar surface area (TPSA) is 28.2 Å². The number of pyridine rings is 1. The van der Waals surface area contributed by atoms with Crippen LogP contribution in [0.25, 0.3) is 0 Å². The molecule has 3 nitrogen and oxygen atoms in total. The molecule has 1 aliphatic rings. The zero-order valence-electron chi connectivity index (χ0n) is 12.5. The van der Waals surface area contributed by atoms with E-state index in [9.17, 15) is 0 Å². The van der Waals surface area contributed by atoms with E-state index in [4.69, 9.17) is 0 Å². The van der Waals surface area contributed by atoms with Crippen molar-refractivity contribution in [1.29, 1.82) is 0 Å². The molecule has 1 N–H and O–H groups in total. The number of nitrogens with one attached hydrogen (secondary N) is 1. The quantitative estimate of drug-likeness (QED) is 0.851. The SMILES string of the molecule is CCCNc1ccnc(CN2CCC(C(C)C)C2)c1. The highest BCUT2D eigenvalue weighted by Gasteiger charge is 2.24. The summed E-state index contributed by atoms with van der Waals surface area (Å²) in [6.07, 6.45) is 4.41. The van der Waals surface area contributed by atoms with Gasteiger partial charge < -0.3 is 5.32 Å². The smallest absolute Gasteiger partial charge is 0.0564 e. The lowest BCUT2D eigenvalue weighted by Gasteiger charge is -2.17. The van der Waals surface area contributed by atoms with Crippen molar-refractivity contribution >= 4 is 5.69 Å². The summed E-state index contributed by atoms with van der Waals surface area (Å²) in [5.41, 5.74) is 2.39. The lowest BCUT2D eigenvalue weighted by atomic mass is 9.95. The van der Waals surface area contributed by atoms with Crippen LogP contribution in [0.2, 0.25) is 0 Å². The van der Waals surface area contributed by atoms with Gasteiger partial charge in [-0.25, -0.2) is 0 Å². The molecule has 1 aromatic heterocycles. The van der Waals surface area contributed by atoms with E-state index in [2.05, 4.69) is 48.1 Å². The van der Waals surface area contributed by atoms with E-state index in [1.807, 2.05) is 6.20 Å². The third kappa shape index (κ3) is 4.20. The van der Waals surface area contributed by atoms with Gasteiger partial charge in [0.1, 0.15) is 0 Å². The van der Waals surface area contributed by atoms with Gasteiger partial charge in [0.2, 0.25) is 0 Å². The van der Waals surface area contributed by atoms with Crippen molar-refractivity contribution in [3.63, 3.8) is 0 Å². The maximum atomic E-state index is 4.50. The molecule has 0 spiro atoms. The fourth-order valence-electron chi connectivity index (χ4n) is 2.72. The third-order valence-corrected chi connectivity index (χ3v) is 4.03. The van der Waals surface area contributed by atoms with Crippen LogP contribution in [0.5, 0.6) is 0 Å². The molecule has 0 radical (unpaired) electrons. The predicted octanol–water partition coefficient (Wildman–Crippen LogP) is 3.38. The summed E-state index contributed by atoms with van der Waals surface area (Å²) in [5.74, 6) is 1.66. The number of aromatic nitrogens is 1. The first-order valence-corrected chi connectivity index (χ1v) is 7.60. The third-order valence-electron chi connectivity index (χ3n) is 4.03. The molecule has 1 saturated heterocycles. The molecule has 19 heavy (non-hydrogen) atoms. The number of likely N-dealkylation sites (tertiary alicyclic amines) is 1. The molecule has 0 saturated carbocycles. The molecule has 3 heteroatoms. The summed E-state index contributed by atoms with van der Waals surface area (Å²) in [4.78, 5) is 7.04. The summed E-state index contributed by atoms with van der Waals surface area (Å²) >= 11 is 0. The van der Waals surface area contributed by atoms with Crippen molar-refractivity contribution in [3.8, 4) is 0 Å². The maximum Gasteiger partial charge on any atom is 0.0564 e. The van der Waals surface area contributed by atoms with Crippen molar-refractivity contribution in [3.05, 3.63) is 24.0 Å². The van der Waals surface area contributed by atoms with Gasteiger partial charge in [-0.2, -0.15) is 0 Å². The highest BCUT2D eigenvalue weighted by molar-refractivity contribution is 5.43. The summed E-state index contributed by atoms with van der Waals surface area (Å²) < 4.78 is 0. The van der Waals surface area contributed by atoms with E-state index in [-0.39, 0.29) is 0 Å². The molecule has 106 valence electrons. The molecule has 0 aromatic carbocycles. The zero-order valence-corrected chi connectivity index (χ0v) is 12.5. The van der Waals surface area contributed by atoms with Gasteiger partial charge in [-0.05, 0) is 43.4 Å². The second-order valence-corrected chi connectivity index (χ2v) is 5.99. The van der Waals surface area contributed by atoms with Crippen LogP contribution in [0.15, 0.2) is 18.3 Å². The zero-order chi connectivity index (χ0) is 13.7. The normalized spacial score (nSPS) is 20.1. The fraction of sp³-hybridized carbons (Fsp3) is 0.688. The molecular weight excluding hydrogens is 234 g/mol. The number of nitrogens with zero attached hydrogens (tertiary/aromatic N) is 2. The molecule has 0 bridgehead atoms. The van der Waals surface area contributed by atoms with Gasteiger partial charge >= 0.3 is 0 Å². The van der Waals surface area contributed by atoms with Gasteiger partial charge in [0.15, 0.2) is 0 Å². The average molecular weight is 261 g/mol. The van der Waals surface area contributed by atoms with Crippen LogP contribution < -0.4 is 5.32 Å². The van der Waals surface area contributed by atoms with E-state index in [0.717, 1.165) is 31.3 Å². The Bertz CT molecular complexity index is 389.